The summed E-state index contributed by atoms with van der Waals surface area (Å²) >= 11 is 1.67. The Balaban J connectivity index is 1.61. The highest BCUT2D eigenvalue weighted by atomic mass is 32.1. The van der Waals surface area contributed by atoms with Crippen molar-refractivity contribution in [3.05, 3.63) is 45.8 Å². The average molecular weight is 438 g/mol. The number of nitrogens with zero attached hydrogens (tertiary/aromatic N) is 3. The molecule has 1 aromatic heterocycles. The van der Waals surface area contributed by atoms with Crippen LogP contribution in [0, 0.1) is 0 Å². The molecule has 1 fully saturated rings. The highest BCUT2D eigenvalue weighted by molar-refractivity contribution is 7.17. The summed E-state index contributed by atoms with van der Waals surface area (Å²) in [5.41, 5.74) is 4.04. The Morgan fingerprint density at radius 3 is 2.71 bits per heavy atom. The summed E-state index contributed by atoms with van der Waals surface area (Å²) < 4.78 is 5.62. The van der Waals surface area contributed by atoms with E-state index in [1.54, 1.807) is 23.3 Å². The first-order valence-electron chi connectivity index (χ1n) is 11.1. The van der Waals surface area contributed by atoms with Gasteiger partial charge >= 0.3 is 0 Å². The third-order valence-corrected chi connectivity index (χ3v) is 7.74. The molecule has 2 aliphatic heterocycles. The number of aliphatic imine (C=N–C) groups is 1. The molecule has 0 atom stereocenters. The molecule has 3 aliphatic rings. The predicted molar refractivity (Wildman–Crippen MR) is 123 cm³/mol. The molecular formula is C24H27N3O3S. The molecule has 0 N–H and O–H groups in total. The lowest BCUT2D eigenvalue weighted by molar-refractivity contribution is -0.130. The molecule has 1 aliphatic carbocycles. The van der Waals surface area contributed by atoms with Gasteiger partial charge in [0.2, 0.25) is 11.8 Å². The van der Waals surface area contributed by atoms with Crippen LogP contribution in [-0.2, 0) is 22.4 Å². The summed E-state index contributed by atoms with van der Waals surface area (Å²) in [4.78, 5) is 35.8. The van der Waals surface area contributed by atoms with Crippen LogP contribution in [-0.4, -0.2) is 55.7 Å². The van der Waals surface area contributed by atoms with Crippen LogP contribution in [0.1, 0.15) is 47.3 Å². The van der Waals surface area contributed by atoms with E-state index >= 15 is 0 Å². The van der Waals surface area contributed by atoms with E-state index in [9.17, 15) is 9.59 Å². The fourth-order valence-electron chi connectivity index (χ4n) is 4.83. The van der Waals surface area contributed by atoms with Crippen LogP contribution in [0.4, 0.5) is 5.00 Å². The second-order valence-corrected chi connectivity index (χ2v) is 9.41. The van der Waals surface area contributed by atoms with Crippen LogP contribution in [0.25, 0.3) is 0 Å². The smallest absolute Gasteiger partial charge is 0.249 e. The molecule has 3 heterocycles. The molecule has 0 bridgehead atoms. The first kappa shape index (κ1) is 20.2. The Labute approximate surface area is 186 Å². The van der Waals surface area contributed by atoms with Gasteiger partial charge in [-0.05, 0) is 56.2 Å². The lowest BCUT2D eigenvalue weighted by Crippen LogP contribution is -2.42. The largest absolute Gasteiger partial charge is 0.496 e. The zero-order chi connectivity index (χ0) is 21.4. The van der Waals surface area contributed by atoms with Gasteiger partial charge in [0, 0.05) is 29.1 Å². The van der Waals surface area contributed by atoms with E-state index in [2.05, 4.69) is 0 Å². The summed E-state index contributed by atoms with van der Waals surface area (Å²) in [6.45, 7) is 1.71. The van der Waals surface area contributed by atoms with Gasteiger partial charge in [0.25, 0.3) is 0 Å². The van der Waals surface area contributed by atoms with Crippen molar-refractivity contribution in [2.75, 3.05) is 38.2 Å². The molecule has 6 nitrogen and oxygen atoms in total. The molecule has 5 rings (SSSR count). The number of aryl methyl sites for hydroxylation is 1. The maximum Gasteiger partial charge on any atom is 0.249 e. The molecule has 2 aromatic rings. The van der Waals surface area contributed by atoms with Gasteiger partial charge in [0.1, 0.15) is 23.8 Å². The zero-order valence-electron chi connectivity index (χ0n) is 17.9. The lowest BCUT2D eigenvalue weighted by atomic mass is 9.91. The van der Waals surface area contributed by atoms with Gasteiger partial charge < -0.3 is 9.64 Å². The van der Waals surface area contributed by atoms with Crippen molar-refractivity contribution >= 4 is 33.9 Å². The van der Waals surface area contributed by atoms with Gasteiger partial charge in [-0.25, -0.2) is 0 Å². The van der Waals surface area contributed by atoms with Crippen molar-refractivity contribution in [2.45, 2.75) is 38.5 Å². The fourth-order valence-corrected chi connectivity index (χ4v) is 6.24. The maximum absolute atomic E-state index is 13.2. The van der Waals surface area contributed by atoms with Gasteiger partial charge in [-0.1, -0.05) is 12.1 Å². The Morgan fingerprint density at radius 1 is 1.13 bits per heavy atom. The SMILES string of the molecule is COc1ccccc1C1=NCC(=O)N(CC(=O)N2CCCC2)c2sc3c(c21)CCCC3. The average Bonchev–Trinajstić information content (AvgIpc) is 3.44. The topological polar surface area (TPSA) is 62.2 Å². The number of para-hydroxylation sites is 1. The third kappa shape index (κ3) is 3.65. The third-order valence-electron chi connectivity index (χ3n) is 6.42. The number of benzene rings is 1. The van der Waals surface area contributed by atoms with Gasteiger partial charge in [-0.2, -0.15) is 0 Å². The molecule has 2 amide bonds. The van der Waals surface area contributed by atoms with Crippen LogP contribution in [0.3, 0.4) is 0 Å². The molecule has 0 spiro atoms. The van der Waals surface area contributed by atoms with Gasteiger partial charge in [-0.15, -0.1) is 11.3 Å². The van der Waals surface area contributed by atoms with Crippen molar-refractivity contribution in [1.29, 1.82) is 0 Å². The summed E-state index contributed by atoms with van der Waals surface area (Å²) in [6.07, 6.45) is 6.38. The highest BCUT2D eigenvalue weighted by Gasteiger charge is 2.34. The monoisotopic (exact) mass is 437 g/mol. The number of carbonyl (C=O) groups excluding carboxylic acids is 2. The minimum atomic E-state index is -0.114. The van der Waals surface area contributed by atoms with Gasteiger partial charge in [0.05, 0.1) is 12.8 Å². The number of likely N-dealkylation sites (tertiary alicyclic amines) is 1. The predicted octanol–water partition coefficient (Wildman–Crippen LogP) is 3.44. The van der Waals surface area contributed by atoms with Crippen LogP contribution >= 0.6 is 11.3 Å². The van der Waals surface area contributed by atoms with Crippen LogP contribution in [0.15, 0.2) is 29.3 Å². The van der Waals surface area contributed by atoms with E-state index in [4.69, 9.17) is 9.73 Å². The second-order valence-electron chi connectivity index (χ2n) is 8.32. The number of carbonyl (C=O) groups is 2. The maximum atomic E-state index is 13.2. The van der Waals surface area contributed by atoms with Crippen molar-refractivity contribution < 1.29 is 14.3 Å². The van der Waals surface area contributed by atoms with Crippen molar-refractivity contribution in [1.82, 2.24) is 4.90 Å². The number of ether oxygens (including phenoxy) is 1. The minimum Gasteiger partial charge on any atom is -0.496 e. The highest BCUT2D eigenvalue weighted by Crippen LogP contribution is 2.43. The van der Waals surface area contributed by atoms with Crippen molar-refractivity contribution in [2.24, 2.45) is 4.99 Å². The summed E-state index contributed by atoms with van der Waals surface area (Å²) in [7, 11) is 1.66. The number of rotatable bonds is 4. The Bertz CT molecular complexity index is 1050. The molecular weight excluding hydrogens is 410 g/mol. The molecule has 7 heteroatoms. The van der Waals surface area contributed by atoms with E-state index in [1.807, 2.05) is 29.2 Å². The van der Waals surface area contributed by atoms with E-state index < -0.39 is 0 Å². The number of thiophene rings is 1. The van der Waals surface area contributed by atoms with E-state index in [1.165, 1.54) is 10.4 Å². The number of amides is 2. The van der Waals surface area contributed by atoms with Crippen molar-refractivity contribution in [3.63, 3.8) is 0 Å². The molecule has 31 heavy (non-hydrogen) atoms. The summed E-state index contributed by atoms with van der Waals surface area (Å²) in [5, 5.41) is 0.881. The van der Waals surface area contributed by atoms with Crippen LogP contribution < -0.4 is 9.64 Å². The number of hydrogen-bond acceptors (Lipinski definition) is 5. The number of methoxy groups -OCH3 is 1. The minimum absolute atomic E-state index is 0.0314. The van der Waals surface area contributed by atoms with Gasteiger partial charge in [0.15, 0.2) is 0 Å². The first-order chi connectivity index (χ1) is 15.2. The molecule has 0 radical (unpaired) electrons. The summed E-state index contributed by atoms with van der Waals surface area (Å²) in [6, 6.07) is 7.84. The van der Waals surface area contributed by atoms with E-state index in [0.717, 1.165) is 79.2 Å². The lowest BCUT2D eigenvalue weighted by Gasteiger charge is -2.23. The number of anilines is 1. The Morgan fingerprint density at radius 2 is 1.90 bits per heavy atom. The number of fused-ring (bicyclic) bond motifs is 3. The zero-order valence-corrected chi connectivity index (χ0v) is 18.7. The molecule has 0 saturated carbocycles. The molecule has 0 unspecified atom stereocenters. The Kier molecular flexibility index (Phi) is 5.52. The second kappa shape index (κ2) is 8.46. The molecule has 1 saturated heterocycles. The Hall–Kier alpha value is -2.67. The standard InChI is InChI=1S/C24H27N3O3S/c1-30-18-10-4-2-8-16(18)23-22-17-9-3-5-11-19(17)31-24(22)27(20(28)14-25-23)15-21(29)26-12-6-7-13-26/h2,4,8,10H,3,5-7,9,11-15H2,1H3. The van der Waals surface area contributed by atoms with Crippen molar-refractivity contribution in [3.8, 4) is 5.75 Å². The number of hydrogen-bond donors (Lipinski definition) is 0. The van der Waals surface area contributed by atoms with E-state index in [0.29, 0.717) is 0 Å². The normalized spacial score (nSPS) is 18.4. The molecule has 162 valence electrons. The quantitative estimate of drug-likeness (QED) is 0.736. The molecule has 1 aromatic carbocycles. The fraction of sp³-hybridized carbons (Fsp3) is 0.458. The van der Waals surface area contributed by atoms with E-state index in [-0.39, 0.29) is 24.9 Å². The first-order valence-corrected chi connectivity index (χ1v) is 11.9. The van der Waals surface area contributed by atoms with Crippen LogP contribution in [0.2, 0.25) is 0 Å². The summed E-state index contributed by atoms with van der Waals surface area (Å²) in [5.74, 6) is 0.665. The van der Waals surface area contributed by atoms with Crippen LogP contribution in [0.5, 0.6) is 5.75 Å². The van der Waals surface area contributed by atoms with Gasteiger partial charge in [-0.3, -0.25) is 19.5 Å².